The molecule has 3 N–H and O–H groups in total. The second kappa shape index (κ2) is 9.03. The van der Waals surface area contributed by atoms with E-state index in [0.29, 0.717) is 5.75 Å². The second-order valence-electron chi connectivity index (χ2n) is 6.52. The van der Waals surface area contributed by atoms with Gasteiger partial charge in [-0.25, -0.2) is 0 Å². The highest BCUT2D eigenvalue weighted by molar-refractivity contribution is 5.95. The Hall–Kier alpha value is -3.65. The maximum Gasteiger partial charge on any atom is 0.282 e. The van der Waals surface area contributed by atoms with Crippen LogP contribution in [-0.4, -0.2) is 24.0 Å². The Morgan fingerprint density at radius 2 is 1.93 bits per heavy atom. The van der Waals surface area contributed by atoms with Crippen LogP contribution in [0.4, 0.5) is 11.4 Å². The minimum absolute atomic E-state index is 0.129. The van der Waals surface area contributed by atoms with E-state index in [9.17, 15) is 14.9 Å². The molecule has 0 bridgehead atoms. The fourth-order valence-electron chi connectivity index (χ4n) is 3.03. The van der Waals surface area contributed by atoms with E-state index in [-0.39, 0.29) is 23.3 Å². The average molecular weight is 396 g/mol. The number of methoxy groups -OCH3 is 1. The molecule has 2 atom stereocenters. The van der Waals surface area contributed by atoms with Gasteiger partial charge >= 0.3 is 0 Å². The van der Waals surface area contributed by atoms with Crippen molar-refractivity contribution in [3.63, 3.8) is 0 Å². The van der Waals surface area contributed by atoms with Gasteiger partial charge < -0.3 is 19.8 Å². The molecule has 0 spiro atoms. The van der Waals surface area contributed by atoms with Crippen molar-refractivity contribution in [2.24, 2.45) is 0 Å². The number of nitro groups is 1. The van der Waals surface area contributed by atoms with E-state index >= 15 is 0 Å². The number of ether oxygens (including phenoxy) is 1. The summed E-state index contributed by atoms with van der Waals surface area (Å²) in [7, 11) is 1.44. The maximum atomic E-state index is 12.8. The van der Waals surface area contributed by atoms with Gasteiger partial charge in [0.1, 0.15) is 5.75 Å². The third kappa shape index (κ3) is 4.80. The molecule has 0 radical (unpaired) electrons. The quantitative estimate of drug-likeness (QED) is 0.449. The summed E-state index contributed by atoms with van der Waals surface area (Å²) in [6, 6.07) is 16.7. The molecule has 0 fully saturated rings. The standard InChI is InChI=1S/C21H21N3O5/c1-14(21(25)23-17-13-16(24(26)27)10-11-18(17)28-2)22-20(19-9-6-12-29-19)15-7-4-3-5-8-15/h3-14,20,22H,1-2H3,(H,23,25)/p+1/t14-,20+/m1/s1. The lowest BCUT2D eigenvalue weighted by atomic mass is 10.0. The van der Waals surface area contributed by atoms with Crippen molar-refractivity contribution in [1.82, 2.24) is 0 Å². The lowest BCUT2D eigenvalue weighted by molar-refractivity contribution is -0.706. The first-order chi connectivity index (χ1) is 14.0. The fraction of sp³-hybridized carbons (Fsp3) is 0.190. The molecule has 2 aromatic carbocycles. The molecule has 1 amide bonds. The Balaban J connectivity index is 1.79. The van der Waals surface area contributed by atoms with Gasteiger partial charge in [0.2, 0.25) is 0 Å². The smallest absolute Gasteiger partial charge is 0.282 e. The number of non-ortho nitro benzene ring substituents is 1. The first-order valence-corrected chi connectivity index (χ1v) is 9.06. The van der Waals surface area contributed by atoms with Crippen molar-refractivity contribution in [2.75, 3.05) is 12.4 Å². The van der Waals surface area contributed by atoms with Gasteiger partial charge in [0, 0.05) is 17.7 Å². The van der Waals surface area contributed by atoms with E-state index < -0.39 is 11.0 Å². The first-order valence-electron chi connectivity index (χ1n) is 9.06. The summed E-state index contributed by atoms with van der Waals surface area (Å²) in [5, 5.41) is 15.7. The minimum Gasteiger partial charge on any atom is -0.495 e. The van der Waals surface area contributed by atoms with Gasteiger partial charge in [0.15, 0.2) is 17.8 Å². The van der Waals surface area contributed by atoms with Crippen molar-refractivity contribution in [3.8, 4) is 5.75 Å². The summed E-state index contributed by atoms with van der Waals surface area (Å²) in [6.07, 6.45) is 1.60. The normalized spacial score (nSPS) is 12.8. The van der Waals surface area contributed by atoms with Crippen molar-refractivity contribution in [3.05, 3.63) is 88.4 Å². The zero-order valence-electron chi connectivity index (χ0n) is 16.1. The Labute approximate surface area is 167 Å². The Bertz CT molecular complexity index is 973. The van der Waals surface area contributed by atoms with Crippen LogP contribution in [0.3, 0.4) is 0 Å². The molecule has 0 aliphatic heterocycles. The van der Waals surface area contributed by atoms with Crippen LogP contribution < -0.4 is 15.4 Å². The topological polar surface area (TPSA) is 111 Å². The van der Waals surface area contributed by atoms with E-state index in [1.165, 1.54) is 25.3 Å². The Kier molecular flexibility index (Phi) is 6.25. The second-order valence-corrected chi connectivity index (χ2v) is 6.52. The summed E-state index contributed by atoms with van der Waals surface area (Å²) in [4.78, 5) is 23.3. The van der Waals surface area contributed by atoms with E-state index in [2.05, 4.69) is 5.32 Å². The lowest BCUT2D eigenvalue weighted by Crippen LogP contribution is -2.92. The number of carbonyl (C=O) groups excluding carboxylic acids is 1. The predicted molar refractivity (Wildman–Crippen MR) is 107 cm³/mol. The number of hydrogen-bond acceptors (Lipinski definition) is 5. The molecule has 1 heterocycles. The molecule has 0 saturated carbocycles. The number of anilines is 1. The van der Waals surface area contributed by atoms with Gasteiger partial charge in [-0.2, -0.15) is 0 Å². The van der Waals surface area contributed by atoms with Gasteiger partial charge in [-0.05, 0) is 25.1 Å². The molecule has 1 aromatic heterocycles. The molecular weight excluding hydrogens is 374 g/mol. The number of rotatable bonds is 8. The number of quaternary nitrogens is 1. The summed E-state index contributed by atoms with van der Waals surface area (Å²) in [5.74, 6) is 0.766. The highest BCUT2D eigenvalue weighted by Crippen LogP contribution is 2.29. The van der Waals surface area contributed by atoms with Gasteiger partial charge in [-0.1, -0.05) is 30.3 Å². The zero-order valence-corrected chi connectivity index (χ0v) is 16.1. The first kappa shape index (κ1) is 20.1. The lowest BCUT2D eigenvalue weighted by Gasteiger charge is -2.19. The summed E-state index contributed by atoms with van der Waals surface area (Å²) in [5.41, 5.74) is 1.12. The number of nitro benzene ring substituents is 1. The zero-order chi connectivity index (χ0) is 20.8. The molecule has 8 nitrogen and oxygen atoms in total. The van der Waals surface area contributed by atoms with Crippen LogP contribution in [0.1, 0.15) is 24.3 Å². The van der Waals surface area contributed by atoms with Crippen LogP contribution >= 0.6 is 0 Å². The third-order valence-corrected chi connectivity index (χ3v) is 4.55. The molecule has 3 aromatic rings. The summed E-state index contributed by atoms with van der Waals surface area (Å²) < 4.78 is 10.8. The van der Waals surface area contributed by atoms with E-state index in [1.807, 2.05) is 41.7 Å². The predicted octanol–water partition coefficient (Wildman–Crippen LogP) is 2.88. The largest absolute Gasteiger partial charge is 0.495 e. The highest BCUT2D eigenvalue weighted by atomic mass is 16.6. The van der Waals surface area contributed by atoms with Gasteiger partial charge in [-0.3, -0.25) is 14.9 Å². The van der Waals surface area contributed by atoms with Crippen LogP contribution in [0.25, 0.3) is 0 Å². The molecule has 29 heavy (non-hydrogen) atoms. The van der Waals surface area contributed by atoms with Gasteiger partial charge in [0.25, 0.3) is 11.6 Å². The number of furan rings is 1. The molecular formula is C21H22N3O5+. The van der Waals surface area contributed by atoms with Crippen molar-refractivity contribution in [1.29, 1.82) is 0 Å². The molecule has 0 aliphatic rings. The summed E-state index contributed by atoms with van der Waals surface area (Å²) >= 11 is 0. The monoisotopic (exact) mass is 396 g/mol. The van der Waals surface area contributed by atoms with E-state index in [1.54, 1.807) is 19.3 Å². The van der Waals surface area contributed by atoms with Crippen LogP contribution in [0, 0.1) is 10.1 Å². The fourth-order valence-corrected chi connectivity index (χ4v) is 3.03. The van der Waals surface area contributed by atoms with E-state index in [0.717, 1.165) is 11.3 Å². The SMILES string of the molecule is COc1ccc([N+](=O)[O-])cc1NC(=O)[C@@H](C)[NH2+][C@@H](c1ccccc1)c1ccco1. The number of nitrogens with two attached hydrogens (primary N) is 1. The molecule has 0 aliphatic carbocycles. The average Bonchev–Trinajstić information content (AvgIpc) is 3.26. The van der Waals surface area contributed by atoms with Gasteiger partial charge in [0.05, 0.1) is 24.0 Å². The van der Waals surface area contributed by atoms with E-state index in [4.69, 9.17) is 9.15 Å². The maximum absolute atomic E-state index is 12.8. The van der Waals surface area contributed by atoms with Crippen LogP contribution in [0.5, 0.6) is 5.75 Å². The number of benzene rings is 2. The van der Waals surface area contributed by atoms with Crippen molar-refractivity contribution < 1.29 is 24.2 Å². The molecule has 150 valence electrons. The van der Waals surface area contributed by atoms with Crippen molar-refractivity contribution in [2.45, 2.75) is 19.0 Å². The van der Waals surface area contributed by atoms with Gasteiger partial charge in [-0.15, -0.1) is 0 Å². The molecule has 0 saturated heterocycles. The minimum atomic E-state index is -0.521. The Morgan fingerprint density at radius 1 is 1.17 bits per heavy atom. The summed E-state index contributed by atoms with van der Waals surface area (Å²) in [6.45, 7) is 1.76. The van der Waals surface area contributed by atoms with Crippen LogP contribution in [0.15, 0.2) is 71.3 Å². The number of hydrogen-bond donors (Lipinski definition) is 2. The third-order valence-electron chi connectivity index (χ3n) is 4.55. The highest BCUT2D eigenvalue weighted by Gasteiger charge is 2.27. The van der Waals surface area contributed by atoms with Crippen molar-refractivity contribution >= 4 is 17.3 Å². The number of nitrogens with one attached hydrogen (secondary N) is 1. The molecule has 0 unspecified atom stereocenters. The van der Waals surface area contributed by atoms with Crippen LogP contribution in [0.2, 0.25) is 0 Å². The molecule has 8 heteroatoms. The Morgan fingerprint density at radius 3 is 2.55 bits per heavy atom. The number of carbonyl (C=O) groups is 1. The number of amides is 1. The number of nitrogens with zero attached hydrogens (tertiary/aromatic N) is 1. The molecule has 3 rings (SSSR count). The van der Waals surface area contributed by atoms with Crippen LogP contribution in [-0.2, 0) is 4.79 Å².